The van der Waals surface area contributed by atoms with Gasteiger partial charge >= 0.3 is 0 Å². The van der Waals surface area contributed by atoms with Crippen LogP contribution in [0.3, 0.4) is 0 Å². The highest BCUT2D eigenvalue weighted by Gasteiger charge is 2.37. The van der Waals surface area contributed by atoms with Crippen LogP contribution in [-0.4, -0.2) is 30.8 Å². The topological polar surface area (TPSA) is 98.7 Å². The molecule has 0 saturated heterocycles. The van der Waals surface area contributed by atoms with E-state index in [0.717, 1.165) is 0 Å². The van der Waals surface area contributed by atoms with E-state index in [0.29, 0.717) is 23.1 Å². The van der Waals surface area contributed by atoms with E-state index in [1.165, 1.54) is 6.92 Å². The highest BCUT2D eigenvalue weighted by atomic mass is 16.5. The third-order valence-electron chi connectivity index (χ3n) is 4.21. The van der Waals surface area contributed by atoms with Gasteiger partial charge in [0.1, 0.15) is 5.54 Å². The van der Waals surface area contributed by atoms with Crippen molar-refractivity contribution in [3.63, 3.8) is 0 Å². The Morgan fingerprint density at radius 3 is 2.76 bits per heavy atom. The summed E-state index contributed by atoms with van der Waals surface area (Å²) in [6, 6.07) is 5.46. The molecule has 0 fully saturated rings. The number of pyridine rings is 1. The van der Waals surface area contributed by atoms with Crippen molar-refractivity contribution in [2.45, 2.75) is 33.2 Å². The Morgan fingerprint density at radius 1 is 1.32 bits per heavy atom. The van der Waals surface area contributed by atoms with Crippen LogP contribution in [-0.2, 0) is 10.3 Å². The number of nitrogens with one attached hydrogen (secondary N) is 1. The summed E-state index contributed by atoms with van der Waals surface area (Å²) in [4.78, 5) is 20.5. The van der Waals surface area contributed by atoms with Crippen LogP contribution < -0.4 is 5.32 Å². The van der Waals surface area contributed by atoms with E-state index in [9.17, 15) is 4.79 Å². The van der Waals surface area contributed by atoms with Gasteiger partial charge in [-0.3, -0.25) is 4.79 Å². The van der Waals surface area contributed by atoms with Gasteiger partial charge in [-0.2, -0.15) is 10.1 Å². The molecule has 8 nitrogen and oxygen atoms in total. The van der Waals surface area contributed by atoms with Crippen LogP contribution in [0.4, 0.5) is 0 Å². The lowest BCUT2D eigenvalue weighted by molar-refractivity contribution is -0.121. The molecule has 0 bridgehead atoms. The largest absolute Gasteiger partial charge is 0.342 e. The average molecular weight is 340 g/mol. The van der Waals surface area contributed by atoms with Crippen LogP contribution in [0.2, 0.25) is 0 Å². The Bertz CT molecular complexity index is 871. The molecule has 0 aromatic carbocycles. The number of aromatic nitrogens is 5. The fourth-order valence-electron chi connectivity index (χ4n) is 2.50. The molecule has 0 radical (unpaired) electrons. The maximum absolute atomic E-state index is 11.6. The fourth-order valence-corrected chi connectivity index (χ4v) is 2.50. The minimum Gasteiger partial charge on any atom is -0.342 e. The zero-order valence-corrected chi connectivity index (χ0v) is 14.6. The van der Waals surface area contributed by atoms with E-state index in [4.69, 9.17) is 4.52 Å². The Labute approximate surface area is 145 Å². The highest BCUT2D eigenvalue weighted by molar-refractivity contribution is 5.74. The molecular weight excluding hydrogens is 320 g/mol. The minimum atomic E-state index is -0.759. The molecule has 3 aromatic rings. The van der Waals surface area contributed by atoms with E-state index in [2.05, 4.69) is 25.5 Å². The van der Waals surface area contributed by atoms with Gasteiger partial charge in [0.25, 0.3) is 5.89 Å². The molecule has 1 amide bonds. The third kappa shape index (κ3) is 3.15. The molecule has 1 N–H and O–H groups in total. The molecule has 1 atom stereocenters. The number of hydrogen-bond acceptors (Lipinski definition) is 6. The van der Waals surface area contributed by atoms with Crippen LogP contribution in [0.15, 0.2) is 41.3 Å². The quantitative estimate of drug-likeness (QED) is 0.765. The molecule has 0 aliphatic carbocycles. The van der Waals surface area contributed by atoms with Crippen molar-refractivity contribution in [2.75, 3.05) is 0 Å². The first kappa shape index (κ1) is 16.8. The summed E-state index contributed by atoms with van der Waals surface area (Å²) in [5, 5.41) is 11.2. The van der Waals surface area contributed by atoms with Crippen molar-refractivity contribution in [3.8, 4) is 17.2 Å². The van der Waals surface area contributed by atoms with Gasteiger partial charge in [-0.15, -0.1) is 0 Å². The normalized spacial score (nSPS) is 13.6. The predicted molar refractivity (Wildman–Crippen MR) is 90.7 cm³/mol. The molecule has 1 unspecified atom stereocenters. The molecule has 8 heteroatoms. The summed E-state index contributed by atoms with van der Waals surface area (Å²) in [7, 11) is 0. The lowest BCUT2D eigenvalue weighted by atomic mass is 9.88. The average Bonchev–Trinajstić information content (AvgIpc) is 3.26. The van der Waals surface area contributed by atoms with Crippen LogP contribution in [0.5, 0.6) is 0 Å². The number of carbonyl (C=O) groups excluding carboxylic acids is 1. The molecule has 3 rings (SSSR count). The zero-order valence-electron chi connectivity index (χ0n) is 14.6. The molecule has 0 aliphatic heterocycles. The van der Waals surface area contributed by atoms with E-state index in [-0.39, 0.29) is 11.8 Å². The highest BCUT2D eigenvalue weighted by Crippen LogP contribution is 2.30. The van der Waals surface area contributed by atoms with Crippen molar-refractivity contribution >= 4 is 5.91 Å². The number of nitrogens with zero attached hydrogens (tertiary/aromatic N) is 5. The van der Waals surface area contributed by atoms with Crippen molar-refractivity contribution in [1.29, 1.82) is 0 Å². The molecule has 3 heterocycles. The predicted octanol–water partition coefficient (Wildman–Crippen LogP) is 2.32. The van der Waals surface area contributed by atoms with E-state index < -0.39 is 5.54 Å². The summed E-state index contributed by atoms with van der Waals surface area (Å²) in [6.45, 7) is 7.31. The molecular formula is C17H20N6O2. The zero-order chi connectivity index (χ0) is 18.0. The van der Waals surface area contributed by atoms with Crippen molar-refractivity contribution < 1.29 is 9.32 Å². The SMILES string of the molecule is CC(=O)NC(C)(c1nc(-c2cccnc2-n2cccn2)no1)C(C)C. The monoisotopic (exact) mass is 340 g/mol. The first-order chi connectivity index (χ1) is 11.9. The Morgan fingerprint density at radius 2 is 2.12 bits per heavy atom. The molecule has 3 aromatic heterocycles. The second kappa shape index (κ2) is 6.46. The van der Waals surface area contributed by atoms with Crippen LogP contribution in [0, 0.1) is 5.92 Å². The van der Waals surface area contributed by atoms with Crippen molar-refractivity contribution in [3.05, 3.63) is 42.7 Å². The van der Waals surface area contributed by atoms with Gasteiger partial charge < -0.3 is 9.84 Å². The van der Waals surface area contributed by atoms with Gasteiger partial charge in [0.2, 0.25) is 11.7 Å². The van der Waals surface area contributed by atoms with E-state index in [1.54, 1.807) is 29.3 Å². The summed E-state index contributed by atoms with van der Waals surface area (Å²) in [5.41, 5.74) is -0.0688. The Balaban J connectivity index is 2.04. The standard InChI is InChI=1S/C17H20N6O2/c1-11(2)17(4,21-12(3)24)16-20-14(22-25-16)13-7-5-8-18-15(13)23-10-6-9-19-23/h5-11H,1-4H3,(H,21,24). The van der Waals surface area contributed by atoms with Gasteiger partial charge in [0.05, 0.1) is 5.56 Å². The fraction of sp³-hybridized carbons (Fsp3) is 0.353. The number of hydrogen-bond donors (Lipinski definition) is 1. The lowest BCUT2D eigenvalue weighted by Crippen LogP contribution is -2.46. The number of rotatable bonds is 5. The summed E-state index contributed by atoms with van der Waals surface area (Å²) in [6.07, 6.45) is 5.14. The van der Waals surface area contributed by atoms with Gasteiger partial charge in [-0.05, 0) is 31.0 Å². The van der Waals surface area contributed by atoms with Crippen molar-refractivity contribution in [2.24, 2.45) is 5.92 Å². The first-order valence-corrected chi connectivity index (χ1v) is 8.00. The maximum Gasteiger partial charge on any atom is 0.252 e. The van der Waals surface area contributed by atoms with E-state index in [1.807, 2.05) is 32.9 Å². The lowest BCUT2D eigenvalue weighted by Gasteiger charge is -2.30. The summed E-state index contributed by atoms with van der Waals surface area (Å²) >= 11 is 0. The Kier molecular flexibility index (Phi) is 4.35. The molecule has 0 aliphatic rings. The molecule has 25 heavy (non-hydrogen) atoms. The van der Waals surface area contributed by atoms with Crippen LogP contribution >= 0.6 is 0 Å². The first-order valence-electron chi connectivity index (χ1n) is 8.00. The Hall–Kier alpha value is -3.03. The van der Waals surface area contributed by atoms with Gasteiger partial charge in [-0.1, -0.05) is 19.0 Å². The van der Waals surface area contributed by atoms with Gasteiger partial charge in [0.15, 0.2) is 5.82 Å². The smallest absolute Gasteiger partial charge is 0.252 e. The maximum atomic E-state index is 11.6. The van der Waals surface area contributed by atoms with Gasteiger partial charge in [-0.25, -0.2) is 9.67 Å². The number of amides is 1. The summed E-state index contributed by atoms with van der Waals surface area (Å²) < 4.78 is 7.13. The molecule has 130 valence electrons. The van der Waals surface area contributed by atoms with Gasteiger partial charge in [0, 0.05) is 25.5 Å². The van der Waals surface area contributed by atoms with Crippen LogP contribution in [0.1, 0.15) is 33.6 Å². The second-order valence-electron chi connectivity index (χ2n) is 6.29. The molecule has 0 saturated carbocycles. The van der Waals surface area contributed by atoms with Crippen molar-refractivity contribution in [1.82, 2.24) is 30.2 Å². The third-order valence-corrected chi connectivity index (χ3v) is 4.21. The molecule has 0 spiro atoms. The van der Waals surface area contributed by atoms with E-state index >= 15 is 0 Å². The minimum absolute atomic E-state index is 0.0594. The second-order valence-corrected chi connectivity index (χ2v) is 6.29. The van der Waals surface area contributed by atoms with Crippen LogP contribution in [0.25, 0.3) is 17.2 Å². The number of carbonyl (C=O) groups is 1. The summed E-state index contributed by atoms with van der Waals surface area (Å²) in [5.74, 6) is 1.25.